The minimum absolute atomic E-state index is 0.394. The average molecular weight is 154 g/mol. The molecule has 2 aliphatic rings. The zero-order valence-corrected chi connectivity index (χ0v) is 7.60. The first-order valence-corrected chi connectivity index (χ1v) is 4.86. The summed E-state index contributed by atoms with van der Waals surface area (Å²) >= 11 is 0. The Balaban J connectivity index is 1.84. The van der Waals surface area contributed by atoms with Crippen molar-refractivity contribution in [2.75, 3.05) is 6.61 Å². The van der Waals surface area contributed by atoms with Gasteiger partial charge in [0.1, 0.15) is 0 Å². The Bertz CT molecular complexity index is 137. The normalized spacial score (nSPS) is 43.4. The third-order valence-corrected chi connectivity index (χ3v) is 3.44. The van der Waals surface area contributed by atoms with E-state index in [1.54, 1.807) is 0 Å². The molecule has 1 spiro atoms. The van der Waals surface area contributed by atoms with E-state index >= 15 is 0 Å². The minimum Gasteiger partial charge on any atom is -0.370 e. The molecule has 1 aliphatic carbocycles. The van der Waals surface area contributed by atoms with Gasteiger partial charge >= 0.3 is 0 Å². The van der Waals surface area contributed by atoms with Crippen LogP contribution in [0.2, 0.25) is 0 Å². The van der Waals surface area contributed by atoms with Crippen LogP contribution in [0.25, 0.3) is 0 Å². The molecule has 0 bridgehead atoms. The Morgan fingerprint density at radius 3 is 2.18 bits per heavy atom. The van der Waals surface area contributed by atoms with E-state index in [4.69, 9.17) is 4.74 Å². The van der Waals surface area contributed by atoms with Gasteiger partial charge < -0.3 is 4.74 Å². The Labute approximate surface area is 69.1 Å². The lowest BCUT2D eigenvalue weighted by Gasteiger charge is -2.28. The van der Waals surface area contributed by atoms with Crippen molar-refractivity contribution in [3.63, 3.8) is 0 Å². The van der Waals surface area contributed by atoms with Gasteiger partial charge in [-0.2, -0.15) is 0 Å². The third kappa shape index (κ3) is 1.44. The molecule has 0 aromatic carbocycles. The van der Waals surface area contributed by atoms with E-state index in [1.807, 2.05) is 0 Å². The van der Waals surface area contributed by atoms with Crippen LogP contribution in [-0.4, -0.2) is 12.2 Å². The number of hydrogen-bond acceptors (Lipinski definition) is 1. The molecule has 1 saturated heterocycles. The highest BCUT2D eigenvalue weighted by atomic mass is 16.6. The van der Waals surface area contributed by atoms with Gasteiger partial charge in [0.2, 0.25) is 0 Å². The van der Waals surface area contributed by atoms with Gasteiger partial charge in [0.15, 0.2) is 0 Å². The fourth-order valence-electron chi connectivity index (χ4n) is 2.22. The first-order valence-electron chi connectivity index (χ1n) is 4.86. The van der Waals surface area contributed by atoms with Gasteiger partial charge in [-0.1, -0.05) is 13.8 Å². The Morgan fingerprint density at radius 1 is 1.27 bits per heavy atom. The second-order valence-electron chi connectivity index (χ2n) is 4.55. The summed E-state index contributed by atoms with van der Waals surface area (Å²) in [5.74, 6) is 1.86. The highest BCUT2D eigenvalue weighted by Crippen LogP contribution is 2.45. The second kappa shape index (κ2) is 2.48. The quantitative estimate of drug-likeness (QED) is 0.529. The molecule has 0 unspecified atom stereocenters. The van der Waals surface area contributed by atoms with Crippen molar-refractivity contribution in [2.45, 2.75) is 45.1 Å². The lowest BCUT2D eigenvalue weighted by Crippen LogP contribution is -2.24. The summed E-state index contributed by atoms with van der Waals surface area (Å²) in [6.45, 7) is 5.74. The molecule has 1 heteroatoms. The van der Waals surface area contributed by atoms with Crippen LogP contribution in [0.1, 0.15) is 39.5 Å². The van der Waals surface area contributed by atoms with E-state index in [2.05, 4.69) is 13.8 Å². The van der Waals surface area contributed by atoms with E-state index in [0.717, 1.165) is 18.4 Å². The molecule has 64 valence electrons. The van der Waals surface area contributed by atoms with Gasteiger partial charge in [-0.3, -0.25) is 0 Å². The summed E-state index contributed by atoms with van der Waals surface area (Å²) in [7, 11) is 0. The number of ether oxygens (including phenoxy) is 1. The molecule has 0 aromatic rings. The summed E-state index contributed by atoms with van der Waals surface area (Å²) in [5, 5.41) is 0. The monoisotopic (exact) mass is 154 g/mol. The van der Waals surface area contributed by atoms with Gasteiger partial charge in [-0.15, -0.1) is 0 Å². The van der Waals surface area contributed by atoms with Crippen molar-refractivity contribution in [3.8, 4) is 0 Å². The molecule has 2 rings (SSSR count). The van der Waals surface area contributed by atoms with Crippen LogP contribution in [0.15, 0.2) is 0 Å². The molecule has 2 fully saturated rings. The van der Waals surface area contributed by atoms with Crippen molar-refractivity contribution >= 4 is 0 Å². The van der Waals surface area contributed by atoms with Crippen molar-refractivity contribution in [1.29, 1.82) is 0 Å². The summed E-state index contributed by atoms with van der Waals surface area (Å²) in [6, 6.07) is 0. The van der Waals surface area contributed by atoms with Crippen LogP contribution in [0.3, 0.4) is 0 Å². The van der Waals surface area contributed by atoms with E-state index in [0.29, 0.717) is 5.60 Å². The van der Waals surface area contributed by atoms with Crippen molar-refractivity contribution in [3.05, 3.63) is 0 Å². The van der Waals surface area contributed by atoms with Crippen LogP contribution >= 0.6 is 0 Å². The van der Waals surface area contributed by atoms with Crippen molar-refractivity contribution in [1.82, 2.24) is 0 Å². The molecule has 1 nitrogen and oxygen atoms in total. The molecule has 1 heterocycles. The van der Waals surface area contributed by atoms with Crippen LogP contribution in [0.4, 0.5) is 0 Å². The maximum atomic E-state index is 5.47. The molecule has 11 heavy (non-hydrogen) atoms. The lowest BCUT2D eigenvalue weighted by atomic mass is 9.77. The van der Waals surface area contributed by atoms with Gasteiger partial charge in [0.25, 0.3) is 0 Å². The first kappa shape index (κ1) is 7.60. The van der Waals surface area contributed by atoms with Crippen molar-refractivity contribution in [2.24, 2.45) is 11.8 Å². The molecule has 0 N–H and O–H groups in total. The maximum absolute atomic E-state index is 5.47. The predicted molar refractivity (Wildman–Crippen MR) is 45.5 cm³/mol. The van der Waals surface area contributed by atoms with E-state index in [1.165, 1.54) is 25.7 Å². The van der Waals surface area contributed by atoms with Crippen LogP contribution in [0, 0.1) is 11.8 Å². The standard InChI is InChI=1S/C10H18O/c1-8(2)9-3-5-10(6-4-9)7-11-10/h8-9H,3-7H2,1-2H3. The molecular weight excluding hydrogens is 136 g/mol. The maximum Gasteiger partial charge on any atom is 0.0916 e. The molecule has 0 amide bonds. The number of rotatable bonds is 1. The van der Waals surface area contributed by atoms with Gasteiger partial charge in [0.05, 0.1) is 12.2 Å². The van der Waals surface area contributed by atoms with Gasteiger partial charge in [-0.25, -0.2) is 0 Å². The topological polar surface area (TPSA) is 12.5 Å². The van der Waals surface area contributed by atoms with E-state index in [9.17, 15) is 0 Å². The molecule has 0 aromatic heterocycles. The fourth-order valence-corrected chi connectivity index (χ4v) is 2.22. The predicted octanol–water partition coefficient (Wildman–Crippen LogP) is 2.60. The Hall–Kier alpha value is -0.0400. The van der Waals surface area contributed by atoms with Crippen LogP contribution < -0.4 is 0 Å². The fraction of sp³-hybridized carbons (Fsp3) is 1.00. The highest BCUT2D eigenvalue weighted by molar-refractivity contribution is 4.96. The van der Waals surface area contributed by atoms with Crippen molar-refractivity contribution < 1.29 is 4.74 Å². The van der Waals surface area contributed by atoms with Crippen LogP contribution in [-0.2, 0) is 4.74 Å². The number of hydrogen-bond donors (Lipinski definition) is 0. The Morgan fingerprint density at radius 2 is 1.82 bits per heavy atom. The van der Waals surface area contributed by atoms with E-state index < -0.39 is 0 Å². The minimum atomic E-state index is 0.394. The lowest BCUT2D eigenvalue weighted by molar-refractivity contribution is 0.173. The molecule has 1 saturated carbocycles. The molecular formula is C10H18O. The molecule has 1 aliphatic heterocycles. The Kier molecular flexibility index (Phi) is 1.71. The molecule has 0 radical (unpaired) electrons. The summed E-state index contributed by atoms with van der Waals surface area (Å²) in [4.78, 5) is 0. The average Bonchev–Trinajstić information content (AvgIpc) is 2.70. The SMILES string of the molecule is CC(C)C1CCC2(CC1)CO2. The summed E-state index contributed by atoms with van der Waals surface area (Å²) in [5.41, 5.74) is 0.394. The van der Waals surface area contributed by atoms with Gasteiger partial charge in [-0.05, 0) is 37.5 Å². The second-order valence-corrected chi connectivity index (χ2v) is 4.55. The third-order valence-electron chi connectivity index (χ3n) is 3.44. The largest absolute Gasteiger partial charge is 0.370 e. The summed E-state index contributed by atoms with van der Waals surface area (Å²) < 4.78 is 5.47. The molecule has 0 atom stereocenters. The van der Waals surface area contributed by atoms with Crippen LogP contribution in [0.5, 0.6) is 0 Å². The first-order chi connectivity index (χ1) is 5.22. The van der Waals surface area contributed by atoms with Gasteiger partial charge in [0, 0.05) is 0 Å². The zero-order chi connectivity index (χ0) is 7.90. The zero-order valence-electron chi connectivity index (χ0n) is 7.60. The highest BCUT2D eigenvalue weighted by Gasteiger charge is 2.46. The summed E-state index contributed by atoms with van der Waals surface area (Å²) in [6.07, 6.45) is 5.46. The smallest absolute Gasteiger partial charge is 0.0916 e. The number of epoxide rings is 1. The van der Waals surface area contributed by atoms with E-state index in [-0.39, 0.29) is 0 Å².